The summed E-state index contributed by atoms with van der Waals surface area (Å²) in [6.45, 7) is 3.67. The van der Waals surface area contributed by atoms with Gasteiger partial charge in [0.15, 0.2) is 6.04 Å². The van der Waals surface area contributed by atoms with E-state index in [0.717, 1.165) is 37.7 Å². The number of carbonyl (C=O) groups excluding carboxylic acids is 2. The fourth-order valence-corrected chi connectivity index (χ4v) is 4.97. The van der Waals surface area contributed by atoms with Crippen LogP contribution in [0.5, 0.6) is 0 Å². The Kier molecular flexibility index (Phi) is 7.41. The highest BCUT2D eigenvalue weighted by molar-refractivity contribution is 7.10. The molecule has 2 amide bonds. The van der Waals surface area contributed by atoms with Crippen molar-refractivity contribution in [3.63, 3.8) is 0 Å². The highest BCUT2D eigenvalue weighted by Crippen LogP contribution is 2.36. The van der Waals surface area contributed by atoms with E-state index in [2.05, 4.69) is 5.32 Å². The number of nitrogens with one attached hydrogen (secondary N) is 1. The van der Waals surface area contributed by atoms with E-state index in [9.17, 15) is 22.8 Å². The number of rotatable bonds is 6. The molecule has 8 heteroatoms. The van der Waals surface area contributed by atoms with Crippen molar-refractivity contribution in [1.29, 1.82) is 0 Å². The Hall–Kier alpha value is -2.35. The van der Waals surface area contributed by atoms with Crippen molar-refractivity contribution in [2.75, 3.05) is 4.90 Å². The van der Waals surface area contributed by atoms with Gasteiger partial charge in [-0.15, -0.1) is 11.3 Å². The zero-order chi connectivity index (χ0) is 22.6. The van der Waals surface area contributed by atoms with Gasteiger partial charge in [-0.2, -0.15) is 13.2 Å². The number of benzene rings is 1. The summed E-state index contributed by atoms with van der Waals surface area (Å²) < 4.78 is 40.9. The van der Waals surface area contributed by atoms with E-state index in [1.165, 1.54) is 23.5 Å². The van der Waals surface area contributed by atoms with Crippen LogP contribution in [0.3, 0.4) is 0 Å². The minimum Gasteiger partial charge on any atom is -0.351 e. The van der Waals surface area contributed by atoms with E-state index in [1.807, 2.05) is 6.92 Å². The molecular formula is C23H27F3N2O2S. The van der Waals surface area contributed by atoms with Gasteiger partial charge in [-0.25, -0.2) is 0 Å². The highest BCUT2D eigenvalue weighted by Gasteiger charge is 2.48. The number of aryl methyl sites for hydroxylation is 2. The Morgan fingerprint density at radius 1 is 1.13 bits per heavy atom. The van der Waals surface area contributed by atoms with Crippen LogP contribution in [0.25, 0.3) is 0 Å². The van der Waals surface area contributed by atoms with Gasteiger partial charge in [0.2, 0.25) is 5.91 Å². The largest absolute Gasteiger partial charge is 0.471 e. The molecule has 0 saturated heterocycles. The van der Waals surface area contributed by atoms with E-state index in [4.69, 9.17) is 0 Å². The van der Waals surface area contributed by atoms with Gasteiger partial charge in [-0.1, -0.05) is 38.3 Å². The summed E-state index contributed by atoms with van der Waals surface area (Å²) in [6, 6.07) is 6.60. The number of thiophene rings is 1. The molecule has 1 aromatic carbocycles. The third kappa shape index (κ3) is 5.47. The van der Waals surface area contributed by atoms with Crippen molar-refractivity contribution < 1.29 is 22.8 Å². The number of nitrogens with zero attached hydrogens (tertiary/aromatic N) is 1. The van der Waals surface area contributed by atoms with Crippen LogP contribution in [-0.2, 0) is 16.0 Å². The molecule has 2 aromatic rings. The second-order valence-electron chi connectivity index (χ2n) is 7.91. The topological polar surface area (TPSA) is 49.4 Å². The maximum Gasteiger partial charge on any atom is 0.471 e. The number of alkyl halides is 3. The summed E-state index contributed by atoms with van der Waals surface area (Å²) in [5.41, 5.74) is 1.66. The Morgan fingerprint density at radius 3 is 2.29 bits per heavy atom. The molecule has 0 bridgehead atoms. The second kappa shape index (κ2) is 9.85. The average molecular weight is 453 g/mol. The molecular weight excluding hydrogens is 425 g/mol. The Balaban J connectivity index is 2.06. The van der Waals surface area contributed by atoms with Crippen LogP contribution in [0.2, 0.25) is 0 Å². The van der Waals surface area contributed by atoms with Crippen LogP contribution in [0, 0.1) is 6.92 Å². The van der Waals surface area contributed by atoms with Crippen LogP contribution < -0.4 is 10.2 Å². The summed E-state index contributed by atoms with van der Waals surface area (Å²) in [6.07, 6.45) is 0.207. The summed E-state index contributed by atoms with van der Waals surface area (Å²) in [7, 11) is 0. The lowest BCUT2D eigenvalue weighted by Crippen LogP contribution is -2.50. The van der Waals surface area contributed by atoms with Gasteiger partial charge in [-0.3, -0.25) is 14.5 Å². The zero-order valence-corrected chi connectivity index (χ0v) is 18.5. The molecule has 1 aromatic heterocycles. The third-order valence-corrected chi connectivity index (χ3v) is 6.76. The summed E-state index contributed by atoms with van der Waals surface area (Å²) in [5.74, 6) is -2.62. The first-order chi connectivity index (χ1) is 14.7. The highest BCUT2D eigenvalue weighted by atomic mass is 32.1. The maximum absolute atomic E-state index is 13.6. The normalized spacial score (nSPS) is 16.0. The zero-order valence-electron chi connectivity index (χ0n) is 17.7. The Morgan fingerprint density at radius 2 is 1.77 bits per heavy atom. The first-order valence-electron chi connectivity index (χ1n) is 10.6. The molecule has 1 atom stereocenters. The van der Waals surface area contributed by atoms with E-state index < -0.39 is 24.0 Å². The van der Waals surface area contributed by atoms with Crippen molar-refractivity contribution in [2.45, 2.75) is 70.6 Å². The summed E-state index contributed by atoms with van der Waals surface area (Å²) >= 11 is 1.18. The number of halogens is 3. The van der Waals surface area contributed by atoms with Crippen LogP contribution in [0.15, 0.2) is 35.7 Å². The fourth-order valence-electron chi connectivity index (χ4n) is 3.96. The SMILES string of the molecule is CCc1ccc(N(C(=O)C(F)(F)F)C(C(=O)NC2CCCCC2)c2sccc2C)cc1. The number of hydrogen-bond donors (Lipinski definition) is 1. The minimum absolute atomic E-state index is 0.0520. The van der Waals surface area contributed by atoms with E-state index in [-0.39, 0.29) is 11.7 Å². The molecule has 1 aliphatic carbocycles. The van der Waals surface area contributed by atoms with E-state index >= 15 is 0 Å². The lowest BCUT2D eigenvalue weighted by molar-refractivity contribution is -0.171. The molecule has 1 saturated carbocycles. The molecule has 0 radical (unpaired) electrons. The molecule has 31 heavy (non-hydrogen) atoms. The number of anilines is 1. The lowest BCUT2D eigenvalue weighted by Gasteiger charge is -2.33. The van der Waals surface area contributed by atoms with Crippen molar-refractivity contribution in [3.8, 4) is 0 Å². The molecule has 4 nitrogen and oxygen atoms in total. The van der Waals surface area contributed by atoms with Crippen LogP contribution in [-0.4, -0.2) is 24.0 Å². The predicted octanol–water partition coefficient (Wildman–Crippen LogP) is 5.70. The van der Waals surface area contributed by atoms with Crippen LogP contribution in [0.4, 0.5) is 18.9 Å². The van der Waals surface area contributed by atoms with Gasteiger partial charge < -0.3 is 5.32 Å². The second-order valence-corrected chi connectivity index (χ2v) is 8.85. The first-order valence-corrected chi connectivity index (χ1v) is 11.4. The van der Waals surface area contributed by atoms with Gasteiger partial charge in [-0.05, 0) is 60.9 Å². The molecule has 1 fully saturated rings. The summed E-state index contributed by atoms with van der Waals surface area (Å²) in [5, 5.41) is 4.64. The molecule has 1 heterocycles. The summed E-state index contributed by atoms with van der Waals surface area (Å²) in [4.78, 5) is 27.0. The van der Waals surface area contributed by atoms with Gasteiger partial charge >= 0.3 is 12.1 Å². The smallest absolute Gasteiger partial charge is 0.351 e. The van der Waals surface area contributed by atoms with Crippen LogP contribution in [0.1, 0.15) is 61.1 Å². The van der Waals surface area contributed by atoms with Gasteiger partial charge in [0.05, 0.1) is 0 Å². The Bertz CT molecular complexity index is 902. The molecule has 1 aliphatic rings. The maximum atomic E-state index is 13.6. The number of carbonyl (C=O) groups is 2. The fraction of sp³-hybridized carbons (Fsp3) is 0.478. The van der Waals surface area contributed by atoms with Crippen molar-refractivity contribution >= 4 is 28.8 Å². The first kappa shape index (κ1) is 23.3. The monoisotopic (exact) mass is 452 g/mol. The van der Waals surface area contributed by atoms with Gasteiger partial charge in [0, 0.05) is 16.6 Å². The van der Waals surface area contributed by atoms with Gasteiger partial charge in [0.1, 0.15) is 0 Å². The van der Waals surface area contributed by atoms with E-state index in [0.29, 0.717) is 21.8 Å². The van der Waals surface area contributed by atoms with Crippen molar-refractivity contribution in [3.05, 3.63) is 51.7 Å². The van der Waals surface area contributed by atoms with Crippen molar-refractivity contribution in [2.24, 2.45) is 0 Å². The third-order valence-electron chi connectivity index (χ3n) is 5.69. The Labute approximate surface area is 184 Å². The molecule has 1 unspecified atom stereocenters. The average Bonchev–Trinajstić information content (AvgIpc) is 3.17. The minimum atomic E-state index is -5.11. The predicted molar refractivity (Wildman–Crippen MR) is 116 cm³/mol. The standard InChI is InChI=1S/C23H27F3N2O2S/c1-3-16-9-11-18(12-10-16)28(22(30)23(24,25)26)19(20-15(2)13-14-31-20)21(29)27-17-7-5-4-6-8-17/h9-14,17,19H,3-8H2,1-2H3,(H,27,29). The number of amides is 2. The molecule has 0 spiro atoms. The van der Waals surface area contributed by atoms with Crippen molar-refractivity contribution in [1.82, 2.24) is 5.32 Å². The van der Waals surface area contributed by atoms with Gasteiger partial charge in [0.25, 0.3) is 0 Å². The van der Waals surface area contributed by atoms with Crippen LogP contribution >= 0.6 is 11.3 Å². The molecule has 1 N–H and O–H groups in total. The lowest BCUT2D eigenvalue weighted by atomic mass is 9.95. The molecule has 168 valence electrons. The quantitative estimate of drug-likeness (QED) is 0.611. The number of hydrogen-bond acceptors (Lipinski definition) is 3. The molecule has 0 aliphatic heterocycles. The molecule has 3 rings (SSSR count). The van der Waals surface area contributed by atoms with E-state index in [1.54, 1.807) is 30.5 Å².